The normalized spacial score (nSPS) is 20.3. The quantitative estimate of drug-likeness (QED) is 0.188. The second-order valence-electron chi connectivity index (χ2n) is 11.4. The summed E-state index contributed by atoms with van der Waals surface area (Å²) in [5.74, 6) is -3.34. The van der Waals surface area contributed by atoms with Gasteiger partial charge in [0, 0.05) is 49.4 Å². The van der Waals surface area contributed by atoms with Crippen molar-refractivity contribution in [1.29, 1.82) is 5.26 Å². The lowest BCUT2D eigenvalue weighted by atomic mass is 10.0. The maximum absolute atomic E-state index is 16.6. The summed E-state index contributed by atoms with van der Waals surface area (Å²) in [6, 6.07) is 8.61. The van der Waals surface area contributed by atoms with Gasteiger partial charge in [0.05, 0.1) is 28.9 Å². The van der Waals surface area contributed by atoms with Gasteiger partial charge < -0.3 is 14.5 Å². The van der Waals surface area contributed by atoms with Gasteiger partial charge in [-0.3, -0.25) is 14.7 Å². The van der Waals surface area contributed by atoms with Gasteiger partial charge in [0.1, 0.15) is 35.6 Å². The van der Waals surface area contributed by atoms with E-state index < -0.39 is 35.6 Å². The number of rotatable bonds is 7. The minimum Gasteiger partial charge on any atom is -0.462 e. The van der Waals surface area contributed by atoms with Gasteiger partial charge in [-0.1, -0.05) is 42.4 Å². The Bertz CT molecular complexity index is 1900. The van der Waals surface area contributed by atoms with E-state index >= 15 is 4.39 Å². The molecule has 14 heteroatoms. The third-order valence-corrected chi connectivity index (χ3v) is 8.85. The summed E-state index contributed by atoms with van der Waals surface area (Å²) in [6.07, 6.45) is 0.530. The van der Waals surface area contributed by atoms with Crippen LogP contribution in [0.15, 0.2) is 48.9 Å². The second kappa shape index (κ2) is 12.7. The van der Waals surface area contributed by atoms with Crippen molar-refractivity contribution in [2.45, 2.75) is 31.1 Å². The first kappa shape index (κ1) is 31.4. The van der Waals surface area contributed by atoms with E-state index in [0.717, 1.165) is 0 Å². The first-order valence-corrected chi connectivity index (χ1v) is 14.9. The molecule has 1 amide bonds. The van der Waals surface area contributed by atoms with Crippen molar-refractivity contribution in [3.05, 3.63) is 65.6 Å². The van der Waals surface area contributed by atoms with E-state index in [1.165, 1.54) is 23.2 Å². The molecule has 0 saturated carbocycles. The Morgan fingerprint density at radius 2 is 1.98 bits per heavy atom. The molecule has 0 aliphatic carbocycles. The number of carbonyl (C=O) groups excluding carboxylic acids is 1. The monoisotopic (exact) mass is 653 g/mol. The minimum absolute atomic E-state index is 0.0363. The number of aromatic nitrogens is 3. The molecular weight excluding hydrogens is 626 g/mol. The predicted octanol–water partition coefficient (Wildman–Crippen LogP) is 5.61. The first-order chi connectivity index (χ1) is 22.1. The van der Waals surface area contributed by atoms with E-state index in [1.54, 1.807) is 30.1 Å². The number of halogens is 5. The molecule has 2 aliphatic rings. The van der Waals surface area contributed by atoms with E-state index in [4.69, 9.17) is 16.3 Å². The van der Waals surface area contributed by atoms with Crippen molar-refractivity contribution >= 4 is 45.0 Å². The van der Waals surface area contributed by atoms with E-state index in [-0.39, 0.29) is 96.1 Å². The van der Waals surface area contributed by atoms with Crippen molar-refractivity contribution in [3.8, 4) is 23.3 Å². The molecule has 6 rings (SSSR count). The highest BCUT2D eigenvalue weighted by Crippen LogP contribution is 2.38. The standard InChI is InChI=1S/C32H28ClF4N7O2/c1-17(34)31(45)44-11-10-43(15-20(44)8-9-38)30-23-13-39-28(22-5-3-4-18-6-7-24(36)26(33)25(18)22)27(37)29(23)40-32(41-30)46-16-21-12-19(35)14-42(21)2/h3-7,13,19-21H,1,8,10-12,14-16H2,2H3/t19-,20+,21-/m1/s1. The number of nitriles is 1. The lowest BCUT2D eigenvalue weighted by Crippen LogP contribution is -2.55. The van der Waals surface area contributed by atoms with Gasteiger partial charge in [-0.2, -0.15) is 15.2 Å². The number of likely N-dealkylation sites (tertiary alicyclic amines) is 1. The van der Waals surface area contributed by atoms with E-state index in [9.17, 15) is 23.2 Å². The Morgan fingerprint density at radius 1 is 1.17 bits per heavy atom. The van der Waals surface area contributed by atoms with Crippen LogP contribution in [0.5, 0.6) is 6.01 Å². The van der Waals surface area contributed by atoms with Gasteiger partial charge in [-0.15, -0.1) is 0 Å². The molecule has 4 aromatic rings. The molecule has 238 valence electrons. The molecule has 0 unspecified atom stereocenters. The molecular formula is C32H28ClF4N7O2. The summed E-state index contributed by atoms with van der Waals surface area (Å²) in [7, 11) is 1.78. The van der Waals surface area contributed by atoms with Gasteiger partial charge in [0.25, 0.3) is 5.91 Å². The highest BCUT2D eigenvalue weighted by Gasteiger charge is 2.34. The molecule has 2 aromatic carbocycles. The zero-order valence-corrected chi connectivity index (χ0v) is 25.4. The molecule has 2 saturated heterocycles. The summed E-state index contributed by atoms with van der Waals surface area (Å²) in [5, 5.41) is 10.3. The average Bonchev–Trinajstić information content (AvgIpc) is 3.37. The Morgan fingerprint density at radius 3 is 2.70 bits per heavy atom. The third kappa shape index (κ3) is 5.78. The van der Waals surface area contributed by atoms with Crippen LogP contribution in [-0.2, 0) is 4.79 Å². The molecule has 2 aliphatic heterocycles. The van der Waals surface area contributed by atoms with Crippen LogP contribution in [0.25, 0.3) is 32.9 Å². The van der Waals surface area contributed by atoms with Gasteiger partial charge >= 0.3 is 6.01 Å². The summed E-state index contributed by atoms with van der Waals surface area (Å²) in [5.41, 5.74) is -0.0281. The highest BCUT2D eigenvalue weighted by atomic mass is 35.5. The zero-order chi connectivity index (χ0) is 32.7. The SMILES string of the molecule is C=C(F)C(=O)N1CCN(c2nc(OC[C@H]3C[C@@H](F)CN3C)nc3c(F)c(-c4cccc5ccc(F)c(Cl)c45)ncc23)C[C@@H]1CC#N. The first-order valence-electron chi connectivity index (χ1n) is 14.5. The lowest BCUT2D eigenvalue weighted by molar-refractivity contribution is -0.131. The summed E-state index contributed by atoms with van der Waals surface area (Å²) < 4.78 is 64.8. The van der Waals surface area contributed by atoms with Crippen molar-refractivity contribution in [1.82, 2.24) is 24.8 Å². The van der Waals surface area contributed by atoms with E-state index in [1.807, 2.05) is 11.0 Å². The Balaban J connectivity index is 1.46. The molecule has 0 N–H and O–H groups in total. The Labute approximate surface area is 266 Å². The van der Waals surface area contributed by atoms with Crippen molar-refractivity contribution < 1.29 is 27.1 Å². The number of pyridine rings is 1. The second-order valence-corrected chi connectivity index (χ2v) is 11.8. The summed E-state index contributed by atoms with van der Waals surface area (Å²) in [6.45, 7) is 3.64. The number of fused-ring (bicyclic) bond motifs is 2. The number of anilines is 1. The number of hydrogen-bond donors (Lipinski definition) is 0. The number of carbonyl (C=O) groups is 1. The largest absolute Gasteiger partial charge is 0.462 e. The number of alkyl halides is 1. The van der Waals surface area contributed by atoms with Crippen LogP contribution >= 0.6 is 11.6 Å². The fourth-order valence-corrected chi connectivity index (χ4v) is 6.42. The Hall–Kier alpha value is -4.54. The van der Waals surface area contributed by atoms with Crippen molar-refractivity contribution in [3.63, 3.8) is 0 Å². The molecule has 4 heterocycles. The molecule has 9 nitrogen and oxygen atoms in total. The van der Waals surface area contributed by atoms with Crippen LogP contribution < -0.4 is 9.64 Å². The van der Waals surface area contributed by atoms with Gasteiger partial charge in [0.2, 0.25) is 0 Å². The number of amides is 1. The Kier molecular flexibility index (Phi) is 8.67. The topological polar surface area (TPSA) is 98.5 Å². The van der Waals surface area contributed by atoms with Crippen molar-refractivity contribution in [2.75, 3.05) is 44.7 Å². The maximum atomic E-state index is 16.6. The summed E-state index contributed by atoms with van der Waals surface area (Å²) in [4.78, 5) is 30.6. The van der Waals surface area contributed by atoms with Gasteiger partial charge in [-0.05, 0) is 24.9 Å². The fourth-order valence-electron chi connectivity index (χ4n) is 6.15. The molecule has 46 heavy (non-hydrogen) atoms. The number of benzene rings is 2. The van der Waals surface area contributed by atoms with Crippen LogP contribution in [0.3, 0.4) is 0 Å². The number of ether oxygens (including phenoxy) is 1. The minimum atomic E-state index is -1.14. The number of hydrogen-bond acceptors (Lipinski definition) is 8. The number of nitrogens with zero attached hydrogens (tertiary/aromatic N) is 7. The molecule has 3 atom stereocenters. The number of likely N-dealkylation sites (N-methyl/N-ethyl adjacent to an activating group) is 1. The third-order valence-electron chi connectivity index (χ3n) is 8.48. The van der Waals surface area contributed by atoms with Crippen LogP contribution in [0.1, 0.15) is 12.8 Å². The van der Waals surface area contributed by atoms with E-state index in [2.05, 4.69) is 21.5 Å². The number of piperazine rings is 1. The van der Waals surface area contributed by atoms with Crippen LogP contribution in [0.2, 0.25) is 5.02 Å². The predicted molar refractivity (Wildman–Crippen MR) is 165 cm³/mol. The smallest absolute Gasteiger partial charge is 0.319 e. The van der Waals surface area contributed by atoms with Crippen molar-refractivity contribution in [2.24, 2.45) is 0 Å². The van der Waals surface area contributed by atoms with E-state index in [0.29, 0.717) is 5.39 Å². The van der Waals surface area contributed by atoms with Crippen LogP contribution in [0.4, 0.5) is 23.4 Å². The molecule has 2 fully saturated rings. The van der Waals surface area contributed by atoms with Crippen LogP contribution in [0, 0.1) is 23.0 Å². The lowest BCUT2D eigenvalue weighted by Gasteiger charge is -2.41. The van der Waals surface area contributed by atoms with Gasteiger partial charge in [0.15, 0.2) is 11.6 Å². The molecule has 2 aromatic heterocycles. The molecule has 0 spiro atoms. The zero-order valence-electron chi connectivity index (χ0n) is 24.7. The average molecular weight is 654 g/mol. The molecule has 0 bridgehead atoms. The maximum Gasteiger partial charge on any atom is 0.319 e. The summed E-state index contributed by atoms with van der Waals surface area (Å²) >= 11 is 6.33. The fraction of sp³-hybridized carbons (Fsp3) is 0.344. The highest BCUT2D eigenvalue weighted by molar-refractivity contribution is 6.36. The van der Waals surface area contributed by atoms with Gasteiger partial charge in [-0.25, -0.2) is 17.6 Å². The molecule has 0 radical (unpaired) electrons. The van der Waals surface area contributed by atoms with Crippen LogP contribution in [-0.4, -0.2) is 88.7 Å².